The average Bonchev–Trinajstić information content (AvgIpc) is 2.14. The van der Waals surface area contributed by atoms with E-state index in [4.69, 9.17) is 10.5 Å². The van der Waals surface area contributed by atoms with Crippen molar-refractivity contribution >= 4 is 15.9 Å². The van der Waals surface area contributed by atoms with E-state index in [2.05, 4.69) is 22.5 Å². The Morgan fingerprint density at radius 1 is 1.60 bits per heavy atom. The number of halogens is 1. The van der Waals surface area contributed by atoms with Crippen molar-refractivity contribution in [1.82, 2.24) is 0 Å². The summed E-state index contributed by atoms with van der Waals surface area (Å²) in [4.78, 5) is 0. The molecule has 0 heterocycles. The third-order valence-electron chi connectivity index (χ3n) is 2.04. The van der Waals surface area contributed by atoms with Crippen molar-refractivity contribution in [3.05, 3.63) is 40.4 Å². The van der Waals surface area contributed by atoms with E-state index in [0.717, 1.165) is 21.4 Å². The van der Waals surface area contributed by atoms with Gasteiger partial charge in [0, 0.05) is 16.1 Å². The molecule has 0 spiro atoms. The number of hydrogen-bond acceptors (Lipinski definition) is 2. The van der Waals surface area contributed by atoms with Crippen LogP contribution in [0.3, 0.4) is 0 Å². The Labute approximate surface area is 99.3 Å². The number of hydrogen-bond donors (Lipinski definition) is 1. The average molecular weight is 270 g/mol. The molecule has 0 radical (unpaired) electrons. The topological polar surface area (TPSA) is 35.2 Å². The van der Waals surface area contributed by atoms with Crippen LogP contribution in [0.25, 0.3) is 0 Å². The number of rotatable bonds is 4. The molecule has 0 aliphatic carbocycles. The van der Waals surface area contributed by atoms with Crippen molar-refractivity contribution < 1.29 is 4.74 Å². The molecule has 1 atom stereocenters. The maximum Gasteiger partial charge on any atom is 0.124 e. The zero-order valence-electron chi connectivity index (χ0n) is 9.09. The Bertz CT molecular complexity index is 361. The third kappa shape index (κ3) is 3.68. The monoisotopic (exact) mass is 269 g/mol. The molecule has 0 unspecified atom stereocenters. The van der Waals surface area contributed by atoms with Crippen LogP contribution in [0.1, 0.15) is 24.1 Å². The van der Waals surface area contributed by atoms with Gasteiger partial charge in [-0.15, -0.1) is 0 Å². The van der Waals surface area contributed by atoms with Crippen LogP contribution >= 0.6 is 15.9 Å². The molecule has 0 aromatic heterocycles. The molecule has 15 heavy (non-hydrogen) atoms. The second-order valence-corrected chi connectivity index (χ2v) is 4.76. The Kier molecular flexibility index (Phi) is 4.36. The molecule has 3 heteroatoms. The van der Waals surface area contributed by atoms with Crippen LogP contribution in [-0.2, 0) is 0 Å². The molecule has 2 N–H and O–H groups in total. The fraction of sp³-hybridized carbons (Fsp3) is 0.333. The Hall–Kier alpha value is -0.800. The van der Waals surface area contributed by atoms with Crippen LogP contribution in [-0.4, -0.2) is 6.61 Å². The van der Waals surface area contributed by atoms with Gasteiger partial charge in [-0.3, -0.25) is 0 Å². The molecule has 1 aromatic carbocycles. The summed E-state index contributed by atoms with van der Waals surface area (Å²) < 4.78 is 6.43. The minimum absolute atomic E-state index is 0.0239. The van der Waals surface area contributed by atoms with Crippen LogP contribution in [0.2, 0.25) is 0 Å². The number of benzene rings is 1. The molecule has 0 fully saturated rings. The SMILES string of the molecule is C=C(Br)COc1cc(C)ccc1[C@H](C)N. The number of nitrogens with two attached hydrogens (primary N) is 1. The van der Waals surface area contributed by atoms with Gasteiger partial charge in [-0.25, -0.2) is 0 Å². The minimum Gasteiger partial charge on any atom is -0.488 e. The predicted molar refractivity (Wildman–Crippen MR) is 67.3 cm³/mol. The van der Waals surface area contributed by atoms with Crippen molar-refractivity contribution in [2.24, 2.45) is 5.73 Å². The lowest BCUT2D eigenvalue weighted by molar-refractivity contribution is 0.354. The van der Waals surface area contributed by atoms with E-state index in [1.165, 1.54) is 0 Å². The van der Waals surface area contributed by atoms with Gasteiger partial charge in [0.05, 0.1) is 0 Å². The highest BCUT2D eigenvalue weighted by Gasteiger charge is 2.08. The molecule has 0 saturated heterocycles. The van der Waals surface area contributed by atoms with Gasteiger partial charge in [0.2, 0.25) is 0 Å². The summed E-state index contributed by atoms with van der Waals surface area (Å²) >= 11 is 3.26. The lowest BCUT2D eigenvalue weighted by atomic mass is 10.1. The highest BCUT2D eigenvalue weighted by atomic mass is 79.9. The highest BCUT2D eigenvalue weighted by Crippen LogP contribution is 2.25. The second-order valence-electron chi connectivity index (χ2n) is 3.64. The molecule has 0 amide bonds. The third-order valence-corrected chi connectivity index (χ3v) is 2.27. The van der Waals surface area contributed by atoms with Crippen LogP contribution in [0.15, 0.2) is 29.3 Å². The van der Waals surface area contributed by atoms with Gasteiger partial charge >= 0.3 is 0 Å². The van der Waals surface area contributed by atoms with Gasteiger partial charge in [-0.1, -0.05) is 34.6 Å². The van der Waals surface area contributed by atoms with Crippen molar-refractivity contribution in [3.8, 4) is 5.75 Å². The zero-order valence-corrected chi connectivity index (χ0v) is 10.7. The highest BCUT2D eigenvalue weighted by molar-refractivity contribution is 9.11. The Balaban J connectivity index is 2.91. The molecular weight excluding hydrogens is 254 g/mol. The van der Waals surface area contributed by atoms with Crippen molar-refractivity contribution in [2.45, 2.75) is 19.9 Å². The fourth-order valence-electron chi connectivity index (χ4n) is 1.30. The lowest BCUT2D eigenvalue weighted by Crippen LogP contribution is -2.08. The van der Waals surface area contributed by atoms with E-state index in [-0.39, 0.29) is 6.04 Å². The van der Waals surface area contributed by atoms with E-state index in [1.54, 1.807) is 0 Å². The molecule has 1 rings (SSSR count). The van der Waals surface area contributed by atoms with Gasteiger partial charge < -0.3 is 10.5 Å². The van der Waals surface area contributed by atoms with E-state index in [9.17, 15) is 0 Å². The summed E-state index contributed by atoms with van der Waals surface area (Å²) in [6, 6.07) is 6.01. The van der Waals surface area contributed by atoms with Gasteiger partial charge in [0.25, 0.3) is 0 Å². The van der Waals surface area contributed by atoms with E-state index >= 15 is 0 Å². The molecule has 0 saturated carbocycles. The molecular formula is C12H16BrNO. The summed E-state index contributed by atoms with van der Waals surface area (Å²) in [5, 5.41) is 0. The van der Waals surface area contributed by atoms with Crippen LogP contribution in [0, 0.1) is 6.92 Å². The van der Waals surface area contributed by atoms with Gasteiger partial charge in [0.15, 0.2) is 0 Å². The molecule has 0 aliphatic rings. The van der Waals surface area contributed by atoms with Gasteiger partial charge in [0.1, 0.15) is 12.4 Å². The van der Waals surface area contributed by atoms with E-state index < -0.39 is 0 Å². The molecule has 0 bridgehead atoms. The summed E-state index contributed by atoms with van der Waals surface area (Å²) in [5.74, 6) is 0.839. The fourth-order valence-corrected chi connectivity index (χ4v) is 1.41. The molecule has 82 valence electrons. The second kappa shape index (κ2) is 5.33. The summed E-state index contributed by atoms with van der Waals surface area (Å²) in [6.45, 7) is 8.16. The van der Waals surface area contributed by atoms with Crippen molar-refractivity contribution in [2.75, 3.05) is 6.61 Å². The predicted octanol–water partition coefficient (Wildman–Crippen LogP) is 3.30. The van der Waals surface area contributed by atoms with Crippen LogP contribution in [0.5, 0.6) is 5.75 Å². The Morgan fingerprint density at radius 2 is 2.27 bits per heavy atom. The summed E-state index contributed by atoms with van der Waals surface area (Å²) in [7, 11) is 0. The number of aryl methyl sites for hydroxylation is 1. The lowest BCUT2D eigenvalue weighted by Gasteiger charge is -2.14. The van der Waals surface area contributed by atoms with E-state index in [0.29, 0.717) is 6.61 Å². The maximum absolute atomic E-state index is 5.86. The maximum atomic E-state index is 5.86. The van der Waals surface area contributed by atoms with Crippen molar-refractivity contribution in [1.29, 1.82) is 0 Å². The Morgan fingerprint density at radius 3 is 2.80 bits per heavy atom. The first-order valence-corrected chi connectivity index (χ1v) is 5.62. The molecule has 0 aliphatic heterocycles. The minimum atomic E-state index is -0.0239. The first kappa shape index (κ1) is 12.3. The summed E-state index contributed by atoms with van der Waals surface area (Å²) in [5.41, 5.74) is 8.04. The zero-order chi connectivity index (χ0) is 11.4. The van der Waals surface area contributed by atoms with E-state index in [1.807, 2.05) is 32.0 Å². The van der Waals surface area contributed by atoms with Crippen molar-refractivity contribution in [3.63, 3.8) is 0 Å². The van der Waals surface area contributed by atoms with Crippen LogP contribution in [0.4, 0.5) is 0 Å². The quantitative estimate of drug-likeness (QED) is 0.911. The van der Waals surface area contributed by atoms with Crippen LogP contribution < -0.4 is 10.5 Å². The standard InChI is InChI=1S/C12H16BrNO/c1-8-4-5-11(10(3)14)12(6-8)15-7-9(2)13/h4-6,10H,2,7,14H2,1,3H3/t10-/m0/s1. The van der Waals surface area contributed by atoms with Gasteiger partial charge in [-0.05, 0) is 25.5 Å². The van der Waals surface area contributed by atoms with Gasteiger partial charge in [-0.2, -0.15) is 0 Å². The summed E-state index contributed by atoms with van der Waals surface area (Å²) in [6.07, 6.45) is 0. The largest absolute Gasteiger partial charge is 0.488 e. The first-order chi connectivity index (χ1) is 7.00. The normalized spacial score (nSPS) is 12.3. The number of ether oxygens (including phenoxy) is 1. The first-order valence-electron chi connectivity index (χ1n) is 4.83. The molecule has 1 aromatic rings. The molecule has 2 nitrogen and oxygen atoms in total. The smallest absolute Gasteiger partial charge is 0.124 e.